The van der Waals surface area contributed by atoms with E-state index in [0.717, 1.165) is 26.2 Å². The Labute approximate surface area is 124 Å². The van der Waals surface area contributed by atoms with E-state index in [1.54, 1.807) is 18.2 Å². The third-order valence-corrected chi connectivity index (χ3v) is 3.45. The fraction of sp³-hybridized carbons (Fsp3) is 0.467. The molecule has 1 aliphatic rings. The van der Waals surface area contributed by atoms with Crippen molar-refractivity contribution in [3.63, 3.8) is 0 Å². The highest BCUT2D eigenvalue weighted by molar-refractivity contribution is 5.97. The first-order valence-corrected chi connectivity index (χ1v) is 7.12. The number of amides is 2. The maximum absolute atomic E-state index is 12.1. The van der Waals surface area contributed by atoms with E-state index in [1.807, 2.05) is 11.0 Å². The molecule has 2 amide bonds. The van der Waals surface area contributed by atoms with Crippen molar-refractivity contribution >= 4 is 11.8 Å². The van der Waals surface area contributed by atoms with E-state index in [4.69, 9.17) is 4.74 Å². The number of methoxy groups -OCH3 is 1. The molecule has 1 heterocycles. The van der Waals surface area contributed by atoms with Gasteiger partial charge in [0.2, 0.25) is 5.91 Å². The van der Waals surface area contributed by atoms with Crippen LogP contribution < -0.4 is 15.4 Å². The second-order valence-electron chi connectivity index (χ2n) is 4.84. The normalized spacial score (nSPS) is 14.6. The smallest absolute Gasteiger partial charge is 0.255 e. The molecule has 0 unspecified atom stereocenters. The van der Waals surface area contributed by atoms with Gasteiger partial charge in [0.1, 0.15) is 5.75 Å². The van der Waals surface area contributed by atoms with E-state index in [9.17, 15) is 9.59 Å². The predicted octanol–water partition coefficient (Wildman–Crippen LogP) is 0.247. The van der Waals surface area contributed by atoms with Crippen molar-refractivity contribution < 1.29 is 14.3 Å². The fourth-order valence-electron chi connectivity index (χ4n) is 2.28. The van der Waals surface area contributed by atoms with Gasteiger partial charge in [0, 0.05) is 39.1 Å². The number of piperazine rings is 1. The van der Waals surface area contributed by atoms with Crippen LogP contribution in [0.2, 0.25) is 0 Å². The molecule has 0 bridgehead atoms. The average molecular weight is 291 g/mol. The third kappa shape index (κ3) is 4.19. The summed E-state index contributed by atoms with van der Waals surface area (Å²) in [5.41, 5.74) is 0.481. The molecule has 1 aromatic rings. The van der Waals surface area contributed by atoms with Crippen LogP contribution in [-0.4, -0.2) is 56.5 Å². The number of hydrogen-bond donors (Lipinski definition) is 2. The minimum absolute atomic E-state index is 0.0804. The second-order valence-corrected chi connectivity index (χ2v) is 4.84. The topological polar surface area (TPSA) is 70.7 Å². The zero-order valence-corrected chi connectivity index (χ0v) is 12.2. The minimum atomic E-state index is -0.222. The molecule has 114 valence electrons. The number of para-hydroxylation sites is 1. The molecule has 2 N–H and O–H groups in total. The summed E-state index contributed by atoms with van der Waals surface area (Å²) in [6, 6.07) is 7.03. The van der Waals surface area contributed by atoms with Gasteiger partial charge in [-0.05, 0) is 12.1 Å². The Morgan fingerprint density at radius 2 is 2.00 bits per heavy atom. The summed E-state index contributed by atoms with van der Waals surface area (Å²) in [4.78, 5) is 25.8. The summed E-state index contributed by atoms with van der Waals surface area (Å²) in [5, 5.41) is 5.96. The van der Waals surface area contributed by atoms with Crippen LogP contribution >= 0.6 is 0 Å². The molecule has 1 aromatic carbocycles. The standard InChI is InChI=1S/C15H21N3O3/c1-21-13-5-3-2-4-12(13)15(20)17-7-6-14(19)18-10-8-16-9-11-18/h2-5,16H,6-11H2,1H3,(H,17,20). The van der Waals surface area contributed by atoms with Crippen molar-refractivity contribution in [2.45, 2.75) is 6.42 Å². The van der Waals surface area contributed by atoms with Gasteiger partial charge in [0.15, 0.2) is 0 Å². The van der Waals surface area contributed by atoms with Crippen LogP contribution in [0.5, 0.6) is 5.75 Å². The predicted molar refractivity (Wildman–Crippen MR) is 79.4 cm³/mol. The Kier molecular flexibility index (Phi) is 5.57. The van der Waals surface area contributed by atoms with Crippen LogP contribution in [-0.2, 0) is 4.79 Å². The molecule has 6 heteroatoms. The number of rotatable bonds is 5. The molecule has 6 nitrogen and oxygen atoms in total. The summed E-state index contributed by atoms with van der Waals surface area (Å²) >= 11 is 0. The molecule has 2 rings (SSSR count). The van der Waals surface area contributed by atoms with E-state index in [2.05, 4.69) is 10.6 Å². The van der Waals surface area contributed by atoms with Crippen LogP contribution in [0.4, 0.5) is 0 Å². The highest BCUT2D eigenvalue weighted by atomic mass is 16.5. The van der Waals surface area contributed by atoms with Crippen molar-refractivity contribution in [3.8, 4) is 5.75 Å². The largest absolute Gasteiger partial charge is 0.496 e. The highest BCUT2D eigenvalue weighted by Crippen LogP contribution is 2.16. The van der Waals surface area contributed by atoms with Crippen molar-refractivity contribution in [1.82, 2.24) is 15.5 Å². The van der Waals surface area contributed by atoms with Gasteiger partial charge < -0.3 is 20.3 Å². The minimum Gasteiger partial charge on any atom is -0.496 e. The van der Waals surface area contributed by atoms with Gasteiger partial charge in [0.05, 0.1) is 12.7 Å². The summed E-state index contributed by atoms with van der Waals surface area (Å²) in [6.07, 6.45) is 0.320. The highest BCUT2D eigenvalue weighted by Gasteiger charge is 2.16. The van der Waals surface area contributed by atoms with Gasteiger partial charge >= 0.3 is 0 Å². The van der Waals surface area contributed by atoms with Crippen LogP contribution in [0.25, 0.3) is 0 Å². The number of hydrogen-bond acceptors (Lipinski definition) is 4. The van der Waals surface area contributed by atoms with Crippen LogP contribution in [0.1, 0.15) is 16.8 Å². The van der Waals surface area contributed by atoms with Crippen molar-refractivity contribution in [2.75, 3.05) is 39.8 Å². The first kappa shape index (κ1) is 15.3. The number of carbonyl (C=O) groups is 2. The third-order valence-electron chi connectivity index (χ3n) is 3.45. The number of nitrogens with zero attached hydrogens (tertiary/aromatic N) is 1. The van der Waals surface area contributed by atoms with Crippen molar-refractivity contribution in [1.29, 1.82) is 0 Å². The van der Waals surface area contributed by atoms with Crippen LogP contribution in [0, 0.1) is 0 Å². The monoisotopic (exact) mass is 291 g/mol. The molecule has 1 fully saturated rings. The zero-order chi connectivity index (χ0) is 15.1. The van der Waals surface area contributed by atoms with E-state index >= 15 is 0 Å². The molecule has 1 saturated heterocycles. The lowest BCUT2D eigenvalue weighted by atomic mass is 10.2. The number of nitrogens with one attached hydrogen (secondary N) is 2. The van der Waals surface area contributed by atoms with Gasteiger partial charge in [-0.2, -0.15) is 0 Å². The van der Waals surface area contributed by atoms with Gasteiger partial charge in [-0.1, -0.05) is 12.1 Å². The fourth-order valence-corrected chi connectivity index (χ4v) is 2.28. The Hall–Kier alpha value is -2.08. The van der Waals surface area contributed by atoms with Crippen LogP contribution in [0.15, 0.2) is 24.3 Å². The lowest BCUT2D eigenvalue weighted by molar-refractivity contribution is -0.131. The van der Waals surface area contributed by atoms with Gasteiger partial charge in [-0.15, -0.1) is 0 Å². The zero-order valence-electron chi connectivity index (χ0n) is 12.2. The van der Waals surface area contributed by atoms with Crippen LogP contribution in [0.3, 0.4) is 0 Å². The molecule has 0 spiro atoms. The SMILES string of the molecule is COc1ccccc1C(=O)NCCC(=O)N1CCNCC1. The Bertz CT molecular complexity index is 499. The first-order chi connectivity index (χ1) is 10.2. The van der Waals surface area contributed by atoms with Crippen molar-refractivity contribution in [3.05, 3.63) is 29.8 Å². The van der Waals surface area contributed by atoms with Gasteiger partial charge in [-0.25, -0.2) is 0 Å². The molecule has 0 aliphatic carbocycles. The van der Waals surface area contributed by atoms with E-state index < -0.39 is 0 Å². The number of ether oxygens (including phenoxy) is 1. The van der Waals surface area contributed by atoms with E-state index in [-0.39, 0.29) is 11.8 Å². The van der Waals surface area contributed by atoms with Gasteiger partial charge in [0.25, 0.3) is 5.91 Å². The first-order valence-electron chi connectivity index (χ1n) is 7.12. The molecule has 0 saturated carbocycles. The summed E-state index contributed by atoms with van der Waals surface area (Å²) in [7, 11) is 1.53. The Balaban J connectivity index is 1.80. The maximum Gasteiger partial charge on any atom is 0.255 e. The number of carbonyl (C=O) groups excluding carboxylic acids is 2. The quantitative estimate of drug-likeness (QED) is 0.816. The van der Waals surface area contributed by atoms with Gasteiger partial charge in [-0.3, -0.25) is 9.59 Å². The van der Waals surface area contributed by atoms with E-state index in [0.29, 0.717) is 24.3 Å². The average Bonchev–Trinajstić information content (AvgIpc) is 2.55. The molecule has 1 aliphatic heterocycles. The molecular weight excluding hydrogens is 270 g/mol. The lowest BCUT2D eigenvalue weighted by Gasteiger charge is -2.27. The van der Waals surface area contributed by atoms with E-state index in [1.165, 1.54) is 7.11 Å². The summed E-state index contributed by atoms with van der Waals surface area (Å²) in [6.45, 7) is 3.47. The summed E-state index contributed by atoms with van der Waals surface area (Å²) in [5.74, 6) is 0.390. The Morgan fingerprint density at radius 1 is 1.29 bits per heavy atom. The second kappa shape index (κ2) is 7.64. The molecule has 0 aromatic heterocycles. The molecule has 0 atom stereocenters. The lowest BCUT2D eigenvalue weighted by Crippen LogP contribution is -2.47. The molecular formula is C15H21N3O3. The maximum atomic E-state index is 12.1. The molecule has 0 radical (unpaired) electrons. The Morgan fingerprint density at radius 3 is 2.71 bits per heavy atom. The van der Waals surface area contributed by atoms with Crippen molar-refractivity contribution in [2.24, 2.45) is 0 Å². The summed E-state index contributed by atoms with van der Waals surface area (Å²) < 4.78 is 5.15. The number of benzene rings is 1. The molecule has 21 heavy (non-hydrogen) atoms.